The predicted molar refractivity (Wildman–Crippen MR) is 77.9 cm³/mol. The van der Waals surface area contributed by atoms with Crippen molar-refractivity contribution in [2.45, 2.75) is 19.8 Å². The first kappa shape index (κ1) is 15.0. The highest BCUT2D eigenvalue weighted by molar-refractivity contribution is 5.79. The van der Waals surface area contributed by atoms with Crippen LogP contribution in [0.2, 0.25) is 0 Å². The Morgan fingerprint density at radius 2 is 2.25 bits per heavy atom. The summed E-state index contributed by atoms with van der Waals surface area (Å²) in [6.07, 6.45) is 1.53. The molecule has 1 saturated heterocycles. The molecule has 2 unspecified atom stereocenters. The molecule has 1 aliphatic heterocycles. The molecular formula is C16H23FN2O. The summed E-state index contributed by atoms with van der Waals surface area (Å²) in [5.41, 5.74) is 0.624. The molecule has 1 aromatic rings. The second-order valence-corrected chi connectivity index (χ2v) is 5.69. The van der Waals surface area contributed by atoms with Gasteiger partial charge in [0.05, 0.1) is 0 Å². The van der Waals surface area contributed by atoms with Crippen LogP contribution in [0.15, 0.2) is 24.3 Å². The smallest absolute Gasteiger partial charge is 0.225 e. The van der Waals surface area contributed by atoms with Crippen LogP contribution in [0.4, 0.5) is 4.39 Å². The number of rotatable bonds is 5. The number of carbonyl (C=O) groups excluding carboxylic acids is 1. The molecule has 4 heteroatoms. The van der Waals surface area contributed by atoms with Crippen LogP contribution >= 0.6 is 0 Å². The Hall–Kier alpha value is -1.42. The van der Waals surface area contributed by atoms with Crippen LogP contribution < -0.4 is 5.32 Å². The first-order valence-corrected chi connectivity index (χ1v) is 7.28. The van der Waals surface area contributed by atoms with E-state index in [0.29, 0.717) is 17.9 Å². The second-order valence-electron chi connectivity index (χ2n) is 5.69. The van der Waals surface area contributed by atoms with Crippen molar-refractivity contribution in [3.8, 4) is 0 Å². The lowest BCUT2D eigenvalue weighted by atomic mass is 9.99. The van der Waals surface area contributed by atoms with Crippen molar-refractivity contribution in [1.29, 1.82) is 0 Å². The van der Waals surface area contributed by atoms with E-state index >= 15 is 0 Å². The number of carbonyl (C=O) groups is 1. The van der Waals surface area contributed by atoms with Gasteiger partial charge in [0, 0.05) is 19.0 Å². The number of nitrogens with zero attached hydrogens (tertiary/aromatic N) is 1. The second kappa shape index (κ2) is 6.84. The molecule has 1 N–H and O–H groups in total. The number of benzene rings is 1. The highest BCUT2D eigenvalue weighted by atomic mass is 19.1. The van der Waals surface area contributed by atoms with Crippen LogP contribution in [0, 0.1) is 17.7 Å². The first-order valence-electron chi connectivity index (χ1n) is 7.28. The summed E-state index contributed by atoms with van der Waals surface area (Å²) in [5.74, 6) is 0.304. The summed E-state index contributed by atoms with van der Waals surface area (Å²) >= 11 is 0. The van der Waals surface area contributed by atoms with E-state index < -0.39 is 0 Å². The quantitative estimate of drug-likeness (QED) is 0.894. The van der Waals surface area contributed by atoms with Gasteiger partial charge in [0.25, 0.3) is 0 Å². The number of amides is 1. The lowest BCUT2D eigenvalue weighted by Gasteiger charge is -2.21. The number of nitrogens with one attached hydrogen (secondary N) is 1. The van der Waals surface area contributed by atoms with E-state index in [2.05, 4.69) is 5.32 Å². The van der Waals surface area contributed by atoms with Crippen molar-refractivity contribution in [3.05, 3.63) is 35.6 Å². The molecule has 0 radical (unpaired) electrons. The van der Waals surface area contributed by atoms with E-state index in [1.807, 2.05) is 24.9 Å². The summed E-state index contributed by atoms with van der Waals surface area (Å²) < 4.78 is 13.6. The lowest BCUT2D eigenvalue weighted by molar-refractivity contribution is -0.134. The SMILES string of the molecule is CNCC1CCN(C(=O)C(C)Cc2ccccc2F)C1. The van der Waals surface area contributed by atoms with E-state index in [9.17, 15) is 9.18 Å². The van der Waals surface area contributed by atoms with Crippen LogP contribution in [0.25, 0.3) is 0 Å². The first-order chi connectivity index (χ1) is 9.61. The lowest BCUT2D eigenvalue weighted by Crippen LogP contribution is -2.35. The summed E-state index contributed by atoms with van der Waals surface area (Å²) in [6, 6.07) is 6.70. The molecule has 1 heterocycles. The zero-order valence-electron chi connectivity index (χ0n) is 12.2. The van der Waals surface area contributed by atoms with Gasteiger partial charge < -0.3 is 10.2 Å². The third-order valence-corrected chi connectivity index (χ3v) is 4.00. The Balaban J connectivity index is 1.91. The maximum absolute atomic E-state index is 13.6. The van der Waals surface area contributed by atoms with Gasteiger partial charge in [0.15, 0.2) is 0 Å². The average molecular weight is 278 g/mol. The van der Waals surface area contributed by atoms with Gasteiger partial charge in [-0.2, -0.15) is 0 Å². The van der Waals surface area contributed by atoms with Gasteiger partial charge in [-0.1, -0.05) is 25.1 Å². The Labute approximate surface area is 120 Å². The minimum atomic E-state index is -0.221. The van der Waals surface area contributed by atoms with Gasteiger partial charge in [0.2, 0.25) is 5.91 Å². The van der Waals surface area contributed by atoms with Crippen LogP contribution in [0.1, 0.15) is 18.9 Å². The molecule has 0 aliphatic carbocycles. The fraction of sp³-hybridized carbons (Fsp3) is 0.562. The molecule has 1 amide bonds. The van der Waals surface area contributed by atoms with Crippen molar-refractivity contribution in [3.63, 3.8) is 0 Å². The Morgan fingerprint density at radius 1 is 1.50 bits per heavy atom. The van der Waals surface area contributed by atoms with Crippen molar-refractivity contribution < 1.29 is 9.18 Å². The zero-order chi connectivity index (χ0) is 14.5. The minimum absolute atomic E-state index is 0.145. The molecule has 0 spiro atoms. The molecule has 0 bridgehead atoms. The number of hydrogen-bond donors (Lipinski definition) is 1. The number of likely N-dealkylation sites (tertiary alicyclic amines) is 1. The molecule has 1 aliphatic rings. The van der Waals surface area contributed by atoms with Gasteiger partial charge in [-0.25, -0.2) is 4.39 Å². The highest BCUT2D eigenvalue weighted by Gasteiger charge is 2.28. The normalized spacial score (nSPS) is 20.1. The Morgan fingerprint density at radius 3 is 2.95 bits per heavy atom. The van der Waals surface area contributed by atoms with Gasteiger partial charge in [0.1, 0.15) is 5.82 Å². The summed E-state index contributed by atoms with van der Waals surface area (Å²) in [5, 5.41) is 3.16. The van der Waals surface area contributed by atoms with Crippen molar-refractivity contribution in [2.24, 2.45) is 11.8 Å². The van der Waals surface area contributed by atoms with Crippen LogP contribution in [0.5, 0.6) is 0 Å². The van der Waals surface area contributed by atoms with Gasteiger partial charge >= 0.3 is 0 Å². The maximum Gasteiger partial charge on any atom is 0.225 e. The maximum atomic E-state index is 13.6. The largest absolute Gasteiger partial charge is 0.342 e. The predicted octanol–water partition coefficient (Wildman–Crippen LogP) is 2.07. The topological polar surface area (TPSA) is 32.3 Å². The monoisotopic (exact) mass is 278 g/mol. The number of hydrogen-bond acceptors (Lipinski definition) is 2. The zero-order valence-corrected chi connectivity index (χ0v) is 12.2. The van der Waals surface area contributed by atoms with Crippen molar-refractivity contribution in [2.75, 3.05) is 26.7 Å². The number of halogens is 1. The third kappa shape index (κ3) is 3.57. The van der Waals surface area contributed by atoms with E-state index in [-0.39, 0.29) is 17.6 Å². The van der Waals surface area contributed by atoms with E-state index in [1.165, 1.54) is 6.07 Å². The molecule has 110 valence electrons. The van der Waals surface area contributed by atoms with E-state index in [4.69, 9.17) is 0 Å². The van der Waals surface area contributed by atoms with E-state index in [0.717, 1.165) is 26.1 Å². The molecule has 1 fully saturated rings. The van der Waals surface area contributed by atoms with Gasteiger partial charge in [-0.15, -0.1) is 0 Å². The average Bonchev–Trinajstić information content (AvgIpc) is 2.89. The standard InChI is InChI=1S/C16H23FN2O/c1-12(9-14-5-3-4-6-15(14)17)16(20)19-8-7-13(11-19)10-18-2/h3-6,12-13,18H,7-11H2,1-2H3. The molecule has 20 heavy (non-hydrogen) atoms. The molecule has 0 aromatic heterocycles. The van der Waals surface area contributed by atoms with E-state index in [1.54, 1.807) is 12.1 Å². The molecule has 1 aromatic carbocycles. The Kier molecular flexibility index (Phi) is 5.12. The molecule has 2 rings (SSSR count). The molecule has 0 saturated carbocycles. The highest BCUT2D eigenvalue weighted by Crippen LogP contribution is 2.20. The third-order valence-electron chi connectivity index (χ3n) is 4.00. The summed E-state index contributed by atoms with van der Waals surface area (Å²) in [7, 11) is 1.94. The summed E-state index contributed by atoms with van der Waals surface area (Å²) in [4.78, 5) is 14.3. The fourth-order valence-electron chi connectivity index (χ4n) is 2.88. The molecule has 2 atom stereocenters. The van der Waals surface area contributed by atoms with Crippen molar-refractivity contribution in [1.82, 2.24) is 10.2 Å². The van der Waals surface area contributed by atoms with Gasteiger partial charge in [-0.05, 0) is 44.0 Å². The Bertz CT molecular complexity index is 464. The van der Waals surface area contributed by atoms with Crippen LogP contribution in [-0.4, -0.2) is 37.5 Å². The fourth-order valence-corrected chi connectivity index (χ4v) is 2.88. The minimum Gasteiger partial charge on any atom is -0.342 e. The molecule has 3 nitrogen and oxygen atoms in total. The summed E-state index contributed by atoms with van der Waals surface area (Å²) in [6.45, 7) is 4.49. The van der Waals surface area contributed by atoms with Crippen LogP contribution in [0.3, 0.4) is 0 Å². The molecular weight excluding hydrogens is 255 g/mol. The van der Waals surface area contributed by atoms with Crippen molar-refractivity contribution >= 4 is 5.91 Å². The van der Waals surface area contributed by atoms with Crippen LogP contribution in [-0.2, 0) is 11.2 Å². The van der Waals surface area contributed by atoms with Gasteiger partial charge in [-0.3, -0.25) is 4.79 Å².